The summed E-state index contributed by atoms with van der Waals surface area (Å²) in [5.41, 5.74) is 2.45. The maximum Gasteiger partial charge on any atom is 0.326 e. The summed E-state index contributed by atoms with van der Waals surface area (Å²) in [6.45, 7) is 13.3. The Kier molecular flexibility index (Phi) is 11.8. The highest BCUT2D eigenvalue weighted by Gasteiger charge is 2.33. The summed E-state index contributed by atoms with van der Waals surface area (Å²) in [6, 6.07) is 25.5. The Morgan fingerprint density at radius 2 is 1.57 bits per heavy atom. The van der Waals surface area contributed by atoms with Crippen molar-refractivity contribution in [1.82, 2.24) is 4.90 Å². The van der Waals surface area contributed by atoms with Gasteiger partial charge in [-0.3, -0.25) is 9.69 Å². The Hall–Kier alpha value is -3.00. The third-order valence-electron chi connectivity index (χ3n) is 7.68. The number of halogens is 1. The third kappa shape index (κ3) is 10.6. The molecule has 0 atom stereocenters. The molecule has 4 rings (SSSR count). The molecule has 236 valence electrons. The Balaban J connectivity index is 1.22. The molecule has 3 aromatic carbocycles. The fourth-order valence-corrected chi connectivity index (χ4v) is 6.42. The van der Waals surface area contributed by atoms with Crippen LogP contribution in [0.15, 0.2) is 83.8 Å². The number of thioether (sulfide) groups is 1. The highest BCUT2D eigenvalue weighted by molar-refractivity contribution is 8.01. The van der Waals surface area contributed by atoms with E-state index in [9.17, 15) is 9.59 Å². The van der Waals surface area contributed by atoms with Crippen molar-refractivity contribution in [2.24, 2.45) is 5.92 Å². The van der Waals surface area contributed by atoms with Crippen LogP contribution in [-0.4, -0.2) is 53.4 Å². The van der Waals surface area contributed by atoms with Crippen LogP contribution in [-0.2, 0) is 16.0 Å². The van der Waals surface area contributed by atoms with Crippen LogP contribution in [0.1, 0.15) is 59.4 Å². The number of rotatable bonds is 11. The van der Waals surface area contributed by atoms with E-state index in [1.54, 1.807) is 23.9 Å². The normalized spacial score (nSPS) is 14.7. The number of hydrogen-bond acceptors (Lipinski definition) is 5. The van der Waals surface area contributed by atoms with Crippen LogP contribution in [0.25, 0.3) is 0 Å². The molecule has 0 unspecified atom stereocenters. The molecule has 1 saturated heterocycles. The molecule has 6 nitrogen and oxygen atoms in total. The largest absolute Gasteiger partial charge is 0.459 e. The van der Waals surface area contributed by atoms with Crippen molar-refractivity contribution in [3.05, 3.63) is 89.4 Å². The fraction of sp³-hybridized carbons (Fsp3) is 0.444. The van der Waals surface area contributed by atoms with Gasteiger partial charge in [0.1, 0.15) is 10.3 Å². The van der Waals surface area contributed by atoms with E-state index in [1.165, 1.54) is 18.4 Å². The SMILES string of the molecule is CC(C)(C)OC(=O)C(C)(C)Sc1ccc(CC2CCN(CCCN(C(=O)Nc3ccc(Cl)cc3)c3ccccc3)CC2)cc1. The smallest absolute Gasteiger partial charge is 0.326 e. The molecular weight excluding hydrogens is 590 g/mol. The zero-order chi connectivity index (χ0) is 31.7. The van der Waals surface area contributed by atoms with Crippen molar-refractivity contribution in [2.75, 3.05) is 36.4 Å². The summed E-state index contributed by atoms with van der Waals surface area (Å²) in [7, 11) is 0. The number of carbonyl (C=O) groups excluding carboxylic acids is 2. The molecule has 0 spiro atoms. The molecule has 1 N–H and O–H groups in total. The first kappa shape index (κ1) is 33.9. The van der Waals surface area contributed by atoms with E-state index < -0.39 is 10.3 Å². The zero-order valence-electron chi connectivity index (χ0n) is 26.6. The van der Waals surface area contributed by atoms with Gasteiger partial charge in [0, 0.05) is 27.8 Å². The molecule has 1 aliphatic heterocycles. The average Bonchev–Trinajstić information content (AvgIpc) is 2.98. The minimum atomic E-state index is -0.653. The van der Waals surface area contributed by atoms with Gasteiger partial charge in [0.05, 0.1) is 0 Å². The van der Waals surface area contributed by atoms with Gasteiger partial charge >= 0.3 is 12.0 Å². The molecule has 3 aromatic rings. The third-order valence-corrected chi connectivity index (χ3v) is 9.12. The van der Waals surface area contributed by atoms with Crippen molar-refractivity contribution in [3.63, 3.8) is 0 Å². The monoisotopic (exact) mass is 635 g/mol. The molecule has 0 bridgehead atoms. The number of amides is 2. The van der Waals surface area contributed by atoms with E-state index >= 15 is 0 Å². The minimum Gasteiger partial charge on any atom is -0.459 e. The van der Waals surface area contributed by atoms with Crippen LogP contribution in [0.2, 0.25) is 5.02 Å². The number of benzene rings is 3. The second-order valence-electron chi connectivity index (χ2n) is 13.0. The molecule has 0 aliphatic carbocycles. The summed E-state index contributed by atoms with van der Waals surface area (Å²) in [6.07, 6.45) is 4.30. The molecule has 0 aromatic heterocycles. The molecule has 0 radical (unpaired) electrons. The molecule has 0 saturated carbocycles. The van der Waals surface area contributed by atoms with Gasteiger partial charge in [0.25, 0.3) is 0 Å². The van der Waals surface area contributed by atoms with Crippen LogP contribution in [0.4, 0.5) is 16.2 Å². The first-order chi connectivity index (χ1) is 20.9. The molecule has 2 amide bonds. The van der Waals surface area contributed by atoms with E-state index in [2.05, 4.69) is 34.5 Å². The van der Waals surface area contributed by atoms with Gasteiger partial charge in [-0.1, -0.05) is 41.9 Å². The quantitative estimate of drug-likeness (QED) is 0.168. The molecule has 8 heteroatoms. The van der Waals surface area contributed by atoms with Crippen LogP contribution in [0, 0.1) is 5.92 Å². The Labute approximate surface area is 272 Å². The van der Waals surface area contributed by atoms with Crippen molar-refractivity contribution < 1.29 is 14.3 Å². The van der Waals surface area contributed by atoms with Crippen LogP contribution in [0.3, 0.4) is 0 Å². The Morgan fingerprint density at radius 3 is 2.18 bits per heavy atom. The molecule has 44 heavy (non-hydrogen) atoms. The highest BCUT2D eigenvalue weighted by Crippen LogP contribution is 2.35. The van der Waals surface area contributed by atoms with E-state index in [1.807, 2.05) is 82.0 Å². The number of likely N-dealkylation sites (tertiary alicyclic amines) is 1. The summed E-state index contributed by atoms with van der Waals surface area (Å²) in [5.74, 6) is 0.466. The van der Waals surface area contributed by atoms with Crippen molar-refractivity contribution in [3.8, 4) is 0 Å². The summed E-state index contributed by atoms with van der Waals surface area (Å²) >= 11 is 7.55. The standard InChI is InChI=1S/C36H46ClN3O3S/c1-35(2,3)43-33(41)36(4,5)44-32-18-12-27(13-19-32)26-28-20-24-39(25-21-28)22-9-23-40(31-10-7-6-8-11-31)34(42)38-30-16-14-29(37)15-17-30/h6-8,10-19,28H,9,20-26H2,1-5H3,(H,38,42). The lowest BCUT2D eigenvalue weighted by atomic mass is 9.90. The van der Waals surface area contributed by atoms with Crippen molar-refractivity contribution >= 4 is 46.7 Å². The van der Waals surface area contributed by atoms with Gasteiger partial charge in [-0.15, -0.1) is 11.8 Å². The second kappa shape index (κ2) is 15.3. The number of para-hydroxylation sites is 1. The average molecular weight is 636 g/mol. The predicted molar refractivity (Wildman–Crippen MR) is 184 cm³/mol. The zero-order valence-corrected chi connectivity index (χ0v) is 28.2. The van der Waals surface area contributed by atoms with Crippen molar-refractivity contribution in [1.29, 1.82) is 0 Å². The highest BCUT2D eigenvalue weighted by atomic mass is 35.5. The second-order valence-corrected chi connectivity index (χ2v) is 15.2. The number of hydrogen-bond donors (Lipinski definition) is 1. The number of carbonyl (C=O) groups is 2. The maximum absolute atomic E-state index is 13.2. The van der Waals surface area contributed by atoms with E-state index in [-0.39, 0.29) is 12.0 Å². The summed E-state index contributed by atoms with van der Waals surface area (Å²) in [4.78, 5) is 31.3. The number of piperidine rings is 1. The number of anilines is 2. The molecule has 1 heterocycles. The first-order valence-electron chi connectivity index (χ1n) is 15.5. The van der Waals surface area contributed by atoms with Crippen LogP contribution < -0.4 is 10.2 Å². The fourth-order valence-electron chi connectivity index (χ4n) is 5.31. The lowest BCUT2D eigenvalue weighted by Crippen LogP contribution is -2.39. The summed E-state index contributed by atoms with van der Waals surface area (Å²) < 4.78 is 4.96. The predicted octanol–water partition coefficient (Wildman–Crippen LogP) is 8.94. The van der Waals surface area contributed by atoms with Gasteiger partial charge in [-0.2, -0.15) is 0 Å². The van der Waals surface area contributed by atoms with Crippen molar-refractivity contribution in [2.45, 2.75) is 75.5 Å². The minimum absolute atomic E-state index is 0.143. The topological polar surface area (TPSA) is 61.9 Å². The lowest BCUT2D eigenvalue weighted by Gasteiger charge is -2.33. The van der Waals surface area contributed by atoms with Gasteiger partial charge < -0.3 is 15.0 Å². The number of esters is 1. The van der Waals surface area contributed by atoms with E-state index in [0.29, 0.717) is 17.5 Å². The maximum atomic E-state index is 13.2. The number of urea groups is 1. The molecule has 1 aliphatic rings. The number of ether oxygens (including phenoxy) is 1. The lowest BCUT2D eigenvalue weighted by molar-refractivity contribution is -0.156. The van der Waals surface area contributed by atoms with Gasteiger partial charge in [-0.25, -0.2) is 4.79 Å². The van der Waals surface area contributed by atoms with Crippen LogP contribution >= 0.6 is 23.4 Å². The number of nitrogens with one attached hydrogen (secondary N) is 1. The Morgan fingerprint density at radius 1 is 0.932 bits per heavy atom. The van der Waals surface area contributed by atoms with Gasteiger partial charge in [-0.05, 0) is 140 Å². The summed E-state index contributed by atoms with van der Waals surface area (Å²) in [5, 5.41) is 3.64. The van der Waals surface area contributed by atoms with E-state index in [0.717, 1.165) is 48.7 Å². The Bertz CT molecular complexity index is 1350. The van der Waals surface area contributed by atoms with Crippen LogP contribution in [0.5, 0.6) is 0 Å². The molecular formula is C36H46ClN3O3S. The van der Waals surface area contributed by atoms with Gasteiger partial charge in [0.2, 0.25) is 0 Å². The van der Waals surface area contributed by atoms with E-state index in [4.69, 9.17) is 16.3 Å². The van der Waals surface area contributed by atoms with Gasteiger partial charge in [0.15, 0.2) is 0 Å². The first-order valence-corrected chi connectivity index (χ1v) is 16.7. The molecule has 1 fully saturated rings. The number of nitrogens with zero attached hydrogens (tertiary/aromatic N) is 2.